The summed E-state index contributed by atoms with van der Waals surface area (Å²) in [6, 6.07) is 4.02. The Bertz CT molecular complexity index is 576. The van der Waals surface area contributed by atoms with Crippen molar-refractivity contribution in [3.05, 3.63) is 41.2 Å². The lowest BCUT2D eigenvalue weighted by Crippen LogP contribution is -2.29. The minimum atomic E-state index is -1.11. The summed E-state index contributed by atoms with van der Waals surface area (Å²) >= 11 is 0. The van der Waals surface area contributed by atoms with Crippen LogP contribution in [0, 0.1) is 11.2 Å². The molecule has 1 aromatic carbocycles. The van der Waals surface area contributed by atoms with E-state index in [1.165, 1.54) is 18.2 Å². The van der Waals surface area contributed by atoms with Gasteiger partial charge in [-0.15, -0.1) is 0 Å². The molecule has 0 saturated heterocycles. The minimum Gasteiger partial charge on any atom is -0.478 e. The maximum Gasteiger partial charge on any atom is 0.328 e. The van der Waals surface area contributed by atoms with E-state index in [2.05, 4.69) is 12.2 Å². The second-order valence-electron chi connectivity index (χ2n) is 5.40. The topological polar surface area (TPSA) is 66.4 Å². The Balaban J connectivity index is 2.04. The Kier molecular flexibility index (Phi) is 3.88. The van der Waals surface area contributed by atoms with Crippen molar-refractivity contribution in [1.29, 1.82) is 0 Å². The molecule has 1 aliphatic carbocycles. The van der Waals surface area contributed by atoms with Gasteiger partial charge in [0.1, 0.15) is 5.82 Å². The van der Waals surface area contributed by atoms with Gasteiger partial charge in [-0.2, -0.15) is 0 Å². The molecule has 1 aliphatic rings. The van der Waals surface area contributed by atoms with E-state index in [0.29, 0.717) is 12.1 Å². The van der Waals surface area contributed by atoms with Crippen LogP contribution >= 0.6 is 0 Å². The van der Waals surface area contributed by atoms with E-state index < -0.39 is 17.7 Å². The number of rotatable bonds is 5. The molecule has 4 nitrogen and oxygen atoms in total. The zero-order valence-corrected chi connectivity index (χ0v) is 11.1. The van der Waals surface area contributed by atoms with Gasteiger partial charge in [-0.25, -0.2) is 9.18 Å². The van der Waals surface area contributed by atoms with Crippen LogP contribution in [0.5, 0.6) is 0 Å². The van der Waals surface area contributed by atoms with Crippen molar-refractivity contribution in [2.45, 2.75) is 19.8 Å². The molecule has 2 rings (SSSR count). The second-order valence-corrected chi connectivity index (χ2v) is 5.40. The van der Waals surface area contributed by atoms with Gasteiger partial charge in [-0.3, -0.25) is 4.79 Å². The number of benzene rings is 1. The monoisotopic (exact) mass is 277 g/mol. The molecule has 0 aromatic heterocycles. The Morgan fingerprint density at radius 1 is 1.45 bits per heavy atom. The number of hydrogen-bond donors (Lipinski definition) is 2. The summed E-state index contributed by atoms with van der Waals surface area (Å²) in [5, 5.41) is 11.2. The molecule has 0 aliphatic heterocycles. The molecule has 106 valence electrons. The number of amides is 1. The molecular formula is C15H16FNO3. The fourth-order valence-corrected chi connectivity index (χ4v) is 1.77. The third kappa shape index (κ3) is 3.66. The Morgan fingerprint density at radius 2 is 2.15 bits per heavy atom. The molecule has 2 N–H and O–H groups in total. The normalized spacial score (nSPS) is 16.1. The average Bonchev–Trinajstić information content (AvgIpc) is 3.12. The highest BCUT2D eigenvalue weighted by atomic mass is 19.1. The van der Waals surface area contributed by atoms with Crippen molar-refractivity contribution < 1.29 is 19.1 Å². The molecule has 0 unspecified atom stereocenters. The zero-order valence-electron chi connectivity index (χ0n) is 11.1. The number of carboxylic acids is 1. The van der Waals surface area contributed by atoms with Crippen LogP contribution in [-0.4, -0.2) is 23.5 Å². The van der Waals surface area contributed by atoms with Gasteiger partial charge in [0.2, 0.25) is 0 Å². The molecule has 1 aromatic rings. The predicted octanol–water partition coefficient (Wildman–Crippen LogP) is 2.45. The highest BCUT2D eigenvalue weighted by Crippen LogP contribution is 2.44. The first kappa shape index (κ1) is 14.2. The second kappa shape index (κ2) is 5.45. The molecule has 0 heterocycles. The lowest BCUT2D eigenvalue weighted by Gasteiger charge is -2.10. The first-order chi connectivity index (χ1) is 9.39. The van der Waals surface area contributed by atoms with Crippen molar-refractivity contribution >= 4 is 18.0 Å². The highest BCUT2D eigenvalue weighted by molar-refractivity contribution is 5.95. The van der Waals surface area contributed by atoms with Crippen molar-refractivity contribution in [1.82, 2.24) is 5.32 Å². The number of nitrogens with one attached hydrogen (secondary N) is 1. The van der Waals surface area contributed by atoms with E-state index in [4.69, 9.17) is 5.11 Å². The summed E-state index contributed by atoms with van der Waals surface area (Å²) in [7, 11) is 0. The summed E-state index contributed by atoms with van der Waals surface area (Å²) in [5.41, 5.74) is 0.536. The van der Waals surface area contributed by atoms with Gasteiger partial charge in [0.15, 0.2) is 0 Å². The molecule has 0 spiro atoms. The Hall–Kier alpha value is -2.17. The number of halogens is 1. The molecule has 0 radical (unpaired) electrons. The van der Waals surface area contributed by atoms with E-state index in [0.717, 1.165) is 25.0 Å². The third-order valence-electron chi connectivity index (χ3n) is 3.44. The maximum absolute atomic E-state index is 13.8. The van der Waals surface area contributed by atoms with Crippen molar-refractivity contribution in [3.63, 3.8) is 0 Å². The molecule has 1 saturated carbocycles. The lowest BCUT2D eigenvalue weighted by molar-refractivity contribution is -0.131. The average molecular weight is 277 g/mol. The standard InChI is InChI=1S/C15H16FNO3/c1-15(6-7-15)9-17-14(20)11-4-2-10(8-12(11)16)3-5-13(18)19/h2-5,8H,6-7,9H2,1H3,(H,17,20)(H,18,19)/b5-3+. The van der Waals surface area contributed by atoms with Crippen LogP contribution in [0.2, 0.25) is 0 Å². The van der Waals surface area contributed by atoms with Crippen LogP contribution < -0.4 is 5.32 Å². The number of hydrogen-bond acceptors (Lipinski definition) is 2. The molecular weight excluding hydrogens is 261 g/mol. The third-order valence-corrected chi connectivity index (χ3v) is 3.44. The van der Waals surface area contributed by atoms with Gasteiger partial charge in [0.25, 0.3) is 5.91 Å². The van der Waals surface area contributed by atoms with Gasteiger partial charge >= 0.3 is 5.97 Å². The summed E-state index contributed by atoms with van der Waals surface area (Å²) in [4.78, 5) is 22.2. The largest absolute Gasteiger partial charge is 0.478 e. The van der Waals surface area contributed by atoms with Gasteiger partial charge in [0, 0.05) is 12.6 Å². The smallest absolute Gasteiger partial charge is 0.328 e. The first-order valence-corrected chi connectivity index (χ1v) is 6.38. The summed E-state index contributed by atoms with van der Waals surface area (Å²) in [6.45, 7) is 2.62. The van der Waals surface area contributed by atoms with Gasteiger partial charge in [0.05, 0.1) is 5.56 Å². The number of carboxylic acid groups (broad SMARTS) is 1. The van der Waals surface area contributed by atoms with Crippen LogP contribution in [0.1, 0.15) is 35.7 Å². The quantitative estimate of drug-likeness (QED) is 0.812. The molecule has 1 amide bonds. The SMILES string of the molecule is CC1(CNC(=O)c2ccc(/C=C/C(=O)O)cc2F)CC1. The summed E-state index contributed by atoms with van der Waals surface area (Å²) < 4.78 is 13.8. The van der Waals surface area contributed by atoms with E-state index in [1.54, 1.807) is 0 Å². The van der Waals surface area contributed by atoms with E-state index in [1.807, 2.05) is 0 Å². The van der Waals surface area contributed by atoms with E-state index in [9.17, 15) is 14.0 Å². The minimum absolute atomic E-state index is 0.0262. The Labute approximate surface area is 116 Å². The maximum atomic E-state index is 13.8. The zero-order chi connectivity index (χ0) is 14.8. The van der Waals surface area contributed by atoms with Gasteiger partial charge in [-0.1, -0.05) is 13.0 Å². The van der Waals surface area contributed by atoms with E-state index in [-0.39, 0.29) is 11.0 Å². The first-order valence-electron chi connectivity index (χ1n) is 6.38. The number of carbonyl (C=O) groups is 2. The molecule has 0 bridgehead atoms. The van der Waals surface area contributed by atoms with Gasteiger partial charge < -0.3 is 10.4 Å². The van der Waals surface area contributed by atoms with Crippen molar-refractivity contribution in [3.8, 4) is 0 Å². The van der Waals surface area contributed by atoms with Crippen LogP contribution in [0.3, 0.4) is 0 Å². The highest BCUT2D eigenvalue weighted by Gasteiger charge is 2.37. The Morgan fingerprint density at radius 3 is 2.70 bits per heavy atom. The molecule has 1 fully saturated rings. The van der Waals surface area contributed by atoms with Gasteiger partial charge in [-0.05, 0) is 42.0 Å². The molecule has 0 atom stereocenters. The van der Waals surface area contributed by atoms with Crippen LogP contribution in [0.15, 0.2) is 24.3 Å². The van der Waals surface area contributed by atoms with Crippen LogP contribution in [0.25, 0.3) is 6.08 Å². The van der Waals surface area contributed by atoms with Crippen LogP contribution in [0.4, 0.5) is 4.39 Å². The predicted molar refractivity (Wildman–Crippen MR) is 72.7 cm³/mol. The van der Waals surface area contributed by atoms with Crippen molar-refractivity contribution in [2.75, 3.05) is 6.54 Å². The lowest BCUT2D eigenvalue weighted by atomic mass is 10.1. The fourth-order valence-electron chi connectivity index (χ4n) is 1.77. The summed E-state index contributed by atoms with van der Waals surface area (Å²) in [6.07, 6.45) is 4.35. The number of carbonyl (C=O) groups excluding carboxylic acids is 1. The molecule has 20 heavy (non-hydrogen) atoms. The fraction of sp³-hybridized carbons (Fsp3) is 0.333. The van der Waals surface area contributed by atoms with Crippen LogP contribution in [-0.2, 0) is 4.79 Å². The van der Waals surface area contributed by atoms with E-state index >= 15 is 0 Å². The van der Waals surface area contributed by atoms with Crippen molar-refractivity contribution in [2.24, 2.45) is 5.41 Å². The summed E-state index contributed by atoms with van der Waals surface area (Å²) in [5.74, 6) is -2.20. The molecule has 5 heteroatoms. The number of aliphatic carboxylic acids is 1.